The number of aromatic nitrogens is 2. The van der Waals surface area contributed by atoms with Crippen molar-refractivity contribution < 1.29 is 4.52 Å². The Bertz CT molecular complexity index is 496. The number of pyridine rings is 1. The number of halogens is 1. The van der Waals surface area contributed by atoms with Gasteiger partial charge in [-0.2, -0.15) is 0 Å². The maximum atomic E-state index is 5.09. The van der Waals surface area contributed by atoms with Crippen LogP contribution in [0.5, 0.6) is 0 Å². The Balaban J connectivity index is 2.04. The van der Waals surface area contributed by atoms with Gasteiger partial charge in [-0.15, -0.1) is 0 Å². The van der Waals surface area contributed by atoms with Crippen molar-refractivity contribution in [3.8, 4) is 0 Å². The van der Waals surface area contributed by atoms with Gasteiger partial charge in [0.05, 0.1) is 16.7 Å². The molecular weight excluding hydrogens is 270 g/mol. The van der Waals surface area contributed by atoms with E-state index >= 15 is 0 Å². The van der Waals surface area contributed by atoms with Gasteiger partial charge in [0.25, 0.3) is 0 Å². The van der Waals surface area contributed by atoms with Gasteiger partial charge in [0.2, 0.25) is 0 Å². The molecule has 84 valence electrons. The van der Waals surface area contributed by atoms with Crippen LogP contribution in [0.2, 0.25) is 0 Å². The first kappa shape index (κ1) is 11.1. The van der Waals surface area contributed by atoms with Gasteiger partial charge in [0.1, 0.15) is 5.82 Å². The van der Waals surface area contributed by atoms with Crippen LogP contribution in [0.3, 0.4) is 0 Å². The third kappa shape index (κ3) is 2.61. The van der Waals surface area contributed by atoms with E-state index in [0.29, 0.717) is 6.54 Å². The molecule has 4 nitrogen and oxygen atoms in total. The molecule has 2 rings (SSSR count). The van der Waals surface area contributed by atoms with Crippen molar-refractivity contribution >= 4 is 21.7 Å². The zero-order chi connectivity index (χ0) is 11.5. The first-order valence-electron chi connectivity index (χ1n) is 4.93. The van der Waals surface area contributed by atoms with E-state index < -0.39 is 0 Å². The highest BCUT2D eigenvalue weighted by molar-refractivity contribution is 9.10. The van der Waals surface area contributed by atoms with E-state index in [2.05, 4.69) is 31.4 Å². The van der Waals surface area contributed by atoms with Crippen molar-refractivity contribution in [2.24, 2.45) is 0 Å². The summed E-state index contributed by atoms with van der Waals surface area (Å²) in [5.74, 6) is 1.60. The molecule has 0 bridgehead atoms. The minimum absolute atomic E-state index is 0.579. The highest BCUT2D eigenvalue weighted by Gasteiger charge is 2.04. The van der Waals surface area contributed by atoms with Gasteiger partial charge >= 0.3 is 0 Å². The van der Waals surface area contributed by atoms with Crippen molar-refractivity contribution in [1.29, 1.82) is 0 Å². The predicted octanol–water partition coefficient (Wildman–Crippen LogP) is 3.06. The Labute approximate surface area is 102 Å². The number of anilines is 1. The van der Waals surface area contributed by atoms with Crippen molar-refractivity contribution in [1.82, 2.24) is 10.1 Å². The van der Waals surface area contributed by atoms with Crippen molar-refractivity contribution in [3.05, 3.63) is 39.8 Å². The van der Waals surface area contributed by atoms with Gasteiger partial charge in [0.15, 0.2) is 5.76 Å². The van der Waals surface area contributed by atoms with E-state index in [0.717, 1.165) is 27.3 Å². The largest absolute Gasteiger partial charge is 0.362 e. The average Bonchev–Trinajstić information content (AvgIpc) is 2.63. The second-order valence-corrected chi connectivity index (χ2v) is 4.49. The fourth-order valence-corrected chi connectivity index (χ4v) is 1.94. The average molecular weight is 282 g/mol. The number of hydrogen-bond donors (Lipinski definition) is 1. The molecule has 0 aliphatic carbocycles. The van der Waals surface area contributed by atoms with Crippen LogP contribution >= 0.6 is 15.9 Å². The van der Waals surface area contributed by atoms with Crippen LogP contribution in [0, 0.1) is 13.8 Å². The molecule has 2 heterocycles. The summed E-state index contributed by atoms with van der Waals surface area (Å²) in [4.78, 5) is 4.28. The summed E-state index contributed by atoms with van der Waals surface area (Å²) in [6.07, 6.45) is 1.82. The zero-order valence-corrected chi connectivity index (χ0v) is 10.7. The van der Waals surface area contributed by atoms with Gasteiger partial charge in [-0.1, -0.05) is 5.16 Å². The molecule has 1 N–H and O–H groups in total. The fourth-order valence-electron chi connectivity index (χ4n) is 1.33. The molecule has 0 spiro atoms. The quantitative estimate of drug-likeness (QED) is 0.940. The van der Waals surface area contributed by atoms with Gasteiger partial charge in [0, 0.05) is 12.3 Å². The second kappa shape index (κ2) is 4.65. The zero-order valence-electron chi connectivity index (χ0n) is 9.12. The van der Waals surface area contributed by atoms with E-state index in [-0.39, 0.29) is 0 Å². The van der Waals surface area contributed by atoms with Gasteiger partial charge < -0.3 is 9.84 Å². The number of hydrogen-bond acceptors (Lipinski definition) is 4. The molecule has 0 unspecified atom stereocenters. The lowest BCUT2D eigenvalue weighted by Crippen LogP contribution is -2.01. The Morgan fingerprint density at radius 2 is 2.19 bits per heavy atom. The summed E-state index contributed by atoms with van der Waals surface area (Å²) in [5, 5.41) is 7.00. The second-order valence-electron chi connectivity index (χ2n) is 3.63. The summed E-state index contributed by atoms with van der Waals surface area (Å²) in [6.45, 7) is 4.48. The molecule has 0 saturated heterocycles. The Morgan fingerprint density at radius 3 is 2.81 bits per heavy atom. The summed E-state index contributed by atoms with van der Waals surface area (Å²) >= 11 is 3.45. The summed E-state index contributed by atoms with van der Waals surface area (Å²) < 4.78 is 6.04. The number of nitrogens with zero attached hydrogens (tertiary/aromatic N) is 2. The number of nitrogens with one attached hydrogen (secondary N) is 1. The van der Waals surface area contributed by atoms with Crippen LogP contribution in [0.25, 0.3) is 0 Å². The highest BCUT2D eigenvalue weighted by atomic mass is 79.9. The van der Waals surface area contributed by atoms with Crippen LogP contribution in [-0.2, 0) is 6.54 Å². The number of aryl methyl sites for hydroxylation is 2. The normalized spacial score (nSPS) is 10.4. The van der Waals surface area contributed by atoms with Crippen LogP contribution in [0.15, 0.2) is 27.3 Å². The third-order valence-corrected chi connectivity index (χ3v) is 2.69. The molecule has 0 saturated carbocycles. The topological polar surface area (TPSA) is 51.0 Å². The van der Waals surface area contributed by atoms with E-state index in [1.54, 1.807) is 0 Å². The van der Waals surface area contributed by atoms with Crippen LogP contribution in [0.4, 0.5) is 5.82 Å². The molecule has 0 radical (unpaired) electrons. The standard InChI is InChI=1S/C11H12BrN3O/c1-7-3-10(12)11(13-5-7)14-6-9-4-8(2)15-16-9/h3-5H,6H2,1-2H3,(H,13,14). The smallest absolute Gasteiger partial charge is 0.156 e. The summed E-state index contributed by atoms with van der Waals surface area (Å²) in [5.41, 5.74) is 2.00. The minimum atomic E-state index is 0.579. The number of rotatable bonds is 3. The van der Waals surface area contributed by atoms with E-state index in [9.17, 15) is 0 Å². The molecule has 0 fully saturated rings. The Kier molecular flexibility index (Phi) is 3.24. The lowest BCUT2D eigenvalue weighted by atomic mass is 10.3. The van der Waals surface area contributed by atoms with Crippen LogP contribution in [-0.4, -0.2) is 10.1 Å². The molecule has 2 aromatic rings. The molecular formula is C11H12BrN3O. The minimum Gasteiger partial charge on any atom is -0.362 e. The lowest BCUT2D eigenvalue weighted by molar-refractivity contribution is 0.384. The molecule has 0 amide bonds. The molecule has 0 aromatic carbocycles. The molecule has 0 aliphatic heterocycles. The maximum Gasteiger partial charge on any atom is 0.156 e. The van der Waals surface area contributed by atoms with Crippen molar-refractivity contribution in [2.75, 3.05) is 5.32 Å². The van der Waals surface area contributed by atoms with E-state index in [4.69, 9.17) is 4.52 Å². The molecule has 0 aliphatic rings. The third-order valence-electron chi connectivity index (χ3n) is 2.08. The van der Waals surface area contributed by atoms with Crippen LogP contribution < -0.4 is 5.32 Å². The lowest BCUT2D eigenvalue weighted by Gasteiger charge is -2.05. The van der Waals surface area contributed by atoms with Crippen LogP contribution in [0.1, 0.15) is 17.0 Å². The maximum absolute atomic E-state index is 5.09. The molecule has 5 heteroatoms. The molecule has 0 atom stereocenters. The van der Waals surface area contributed by atoms with E-state index in [1.807, 2.05) is 32.2 Å². The fraction of sp³-hybridized carbons (Fsp3) is 0.273. The Morgan fingerprint density at radius 1 is 1.38 bits per heavy atom. The highest BCUT2D eigenvalue weighted by Crippen LogP contribution is 2.21. The molecule has 16 heavy (non-hydrogen) atoms. The first-order chi connectivity index (χ1) is 7.65. The van der Waals surface area contributed by atoms with Crippen molar-refractivity contribution in [2.45, 2.75) is 20.4 Å². The summed E-state index contributed by atoms with van der Waals surface area (Å²) in [6, 6.07) is 3.91. The predicted molar refractivity (Wildman–Crippen MR) is 65.2 cm³/mol. The van der Waals surface area contributed by atoms with Gasteiger partial charge in [-0.25, -0.2) is 4.98 Å². The summed E-state index contributed by atoms with van der Waals surface area (Å²) in [7, 11) is 0. The Hall–Kier alpha value is -1.36. The molecule has 2 aromatic heterocycles. The van der Waals surface area contributed by atoms with Crippen molar-refractivity contribution in [3.63, 3.8) is 0 Å². The first-order valence-corrected chi connectivity index (χ1v) is 5.72. The van der Waals surface area contributed by atoms with Gasteiger partial charge in [-0.05, 0) is 41.4 Å². The monoisotopic (exact) mass is 281 g/mol. The van der Waals surface area contributed by atoms with E-state index in [1.165, 1.54) is 0 Å². The SMILES string of the molecule is Cc1cnc(NCc2cc(C)no2)c(Br)c1. The van der Waals surface area contributed by atoms with Gasteiger partial charge in [-0.3, -0.25) is 0 Å².